The van der Waals surface area contributed by atoms with E-state index in [-0.39, 0.29) is 16.9 Å². The van der Waals surface area contributed by atoms with Crippen molar-refractivity contribution in [3.8, 4) is 0 Å². The molecule has 1 amide bonds. The van der Waals surface area contributed by atoms with E-state index in [1.54, 1.807) is 17.0 Å². The number of aryl methyl sites for hydroxylation is 1. The standard InChI is InChI=1S/C20H20F2N4O2/c1-12-4-17(27)25(24-12)11-19-8-20(9-19,10-19)18(28)26-16(2-3-23-26)13-5-14(21)7-15(22)6-13/h3-7,16,24H,2,8-11H2,1H3. The molecule has 3 aliphatic carbocycles. The van der Waals surface area contributed by atoms with Gasteiger partial charge in [0.15, 0.2) is 0 Å². The van der Waals surface area contributed by atoms with Gasteiger partial charge in [-0.1, -0.05) is 0 Å². The molecular weight excluding hydrogens is 366 g/mol. The molecule has 146 valence electrons. The van der Waals surface area contributed by atoms with Crippen molar-refractivity contribution in [3.05, 3.63) is 57.5 Å². The Balaban J connectivity index is 1.31. The molecule has 2 bridgehead atoms. The highest BCUT2D eigenvalue weighted by Crippen LogP contribution is 2.74. The predicted molar refractivity (Wildman–Crippen MR) is 97.6 cm³/mol. The highest BCUT2D eigenvalue weighted by Gasteiger charge is 2.72. The minimum atomic E-state index is -0.662. The Hall–Kier alpha value is -2.77. The third-order valence-electron chi connectivity index (χ3n) is 6.31. The van der Waals surface area contributed by atoms with Gasteiger partial charge in [0.2, 0.25) is 5.91 Å². The maximum absolute atomic E-state index is 13.6. The van der Waals surface area contributed by atoms with Crippen LogP contribution in [-0.2, 0) is 11.3 Å². The Morgan fingerprint density at radius 2 is 1.89 bits per heavy atom. The lowest BCUT2D eigenvalue weighted by atomic mass is 9.34. The summed E-state index contributed by atoms with van der Waals surface area (Å²) >= 11 is 0. The van der Waals surface area contributed by atoms with Crippen LogP contribution in [0.15, 0.2) is 34.2 Å². The average Bonchev–Trinajstić information content (AvgIpc) is 3.14. The number of nitrogens with one attached hydrogen (secondary N) is 1. The number of nitrogens with zero attached hydrogens (tertiary/aromatic N) is 3. The van der Waals surface area contributed by atoms with Crippen molar-refractivity contribution in [3.63, 3.8) is 0 Å². The van der Waals surface area contributed by atoms with E-state index >= 15 is 0 Å². The molecule has 1 aromatic carbocycles. The predicted octanol–water partition coefficient (Wildman–Crippen LogP) is 2.89. The second kappa shape index (κ2) is 5.62. The number of aromatic nitrogens is 2. The van der Waals surface area contributed by atoms with Gasteiger partial charge in [-0.15, -0.1) is 0 Å². The lowest BCUT2D eigenvalue weighted by Crippen LogP contribution is -2.69. The van der Waals surface area contributed by atoms with Gasteiger partial charge in [-0.05, 0) is 49.3 Å². The molecule has 1 aliphatic heterocycles. The summed E-state index contributed by atoms with van der Waals surface area (Å²) in [6, 6.07) is 4.42. The molecule has 6 nitrogen and oxygen atoms in total. The summed E-state index contributed by atoms with van der Waals surface area (Å²) in [6.07, 6.45) is 4.18. The zero-order chi connectivity index (χ0) is 19.7. The summed E-state index contributed by atoms with van der Waals surface area (Å²) in [5.41, 5.74) is 0.689. The van der Waals surface area contributed by atoms with Crippen LogP contribution in [0.1, 0.15) is 43.0 Å². The van der Waals surface area contributed by atoms with Gasteiger partial charge in [0, 0.05) is 37.0 Å². The summed E-state index contributed by atoms with van der Waals surface area (Å²) < 4.78 is 28.8. The zero-order valence-electron chi connectivity index (χ0n) is 15.4. The molecular formula is C20H20F2N4O2. The summed E-state index contributed by atoms with van der Waals surface area (Å²) in [5.74, 6) is -1.41. The molecule has 28 heavy (non-hydrogen) atoms. The van der Waals surface area contributed by atoms with E-state index in [1.807, 2.05) is 6.92 Å². The van der Waals surface area contributed by atoms with E-state index in [9.17, 15) is 18.4 Å². The highest BCUT2D eigenvalue weighted by molar-refractivity contribution is 5.88. The fraction of sp³-hybridized carbons (Fsp3) is 0.450. The Morgan fingerprint density at radius 1 is 1.21 bits per heavy atom. The third kappa shape index (κ3) is 2.47. The first kappa shape index (κ1) is 17.3. The van der Waals surface area contributed by atoms with Crippen LogP contribution in [0.25, 0.3) is 0 Å². The van der Waals surface area contributed by atoms with E-state index in [1.165, 1.54) is 17.1 Å². The summed E-state index contributed by atoms with van der Waals surface area (Å²) in [5, 5.41) is 8.64. The summed E-state index contributed by atoms with van der Waals surface area (Å²) in [6.45, 7) is 2.42. The van der Waals surface area contributed by atoms with Crippen LogP contribution in [0, 0.1) is 29.4 Å². The lowest BCUT2D eigenvalue weighted by molar-refractivity contribution is -0.223. The molecule has 2 aromatic rings. The molecule has 2 heterocycles. The monoisotopic (exact) mass is 386 g/mol. The normalized spacial score (nSPS) is 30.2. The Labute approximate surface area is 159 Å². The molecule has 1 N–H and O–H groups in total. The number of hydrogen-bond donors (Lipinski definition) is 1. The van der Waals surface area contributed by atoms with E-state index in [0.29, 0.717) is 37.8 Å². The first-order valence-electron chi connectivity index (χ1n) is 9.38. The fourth-order valence-corrected chi connectivity index (χ4v) is 5.31. The summed E-state index contributed by atoms with van der Waals surface area (Å²) in [4.78, 5) is 25.1. The van der Waals surface area contributed by atoms with Gasteiger partial charge in [0.05, 0.1) is 11.5 Å². The van der Waals surface area contributed by atoms with Gasteiger partial charge < -0.3 is 0 Å². The van der Waals surface area contributed by atoms with Crippen molar-refractivity contribution in [2.24, 2.45) is 15.9 Å². The maximum Gasteiger partial charge on any atom is 0.266 e. The zero-order valence-corrected chi connectivity index (χ0v) is 15.4. The molecule has 1 atom stereocenters. The molecule has 6 rings (SSSR count). The van der Waals surface area contributed by atoms with Crippen LogP contribution < -0.4 is 5.56 Å². The van der Waals surface area contributed by atoms with Crippen molar-refractivity contribution in [1.82, 2.24) is 14.8 Å². The van der Waals surface area contributed by atoms with Gasteiger partial charge in [-0.25, -0.2) is 13.8 Å². The number of aromatic amines is 1. The second-order valence-electron chi connectivity index (χ2n) is 8.58. The number of hydrogen-bond acceptors (Lipinski definition) is 3. The molecule has 3 saturated carbocycles. The van der Waals surface area contributed by atoms with Gasteiger partial charge >= 0.3 is 0 Å². The van der Waals surface area contributed by atoms with Gasteiger partial charge in [-0.2, -0.15) is 5.10 Å². The van der Waals surface area contributed by atoms with Crippen LogP contribution in [0.3, 0.4) is 0 Å². The molecule has 0 spiro atoms. The Morgan fingerprint density at radius 3 is 2.50 bits per heavy atom. The molecule has 0 radical (unpaired) electrons. The van der Waals surface area contributed by atoms with Gasteiger partial charge in [-0.3, -0.25) is 19.4 Å². The number of hydrazone groups is 1. The first-order valence-corrected chi connectivity index (χ1v) is 9.38. The van der Waals surface area contributed by atoms with Crippen molar-refractivity contribution >= 4 is 12.1 Å². The number of benzene rings is 1. The van der Waals surface area contributed by atoms with Crippen molar-refractivity contribution < 1.29 is 13.6 Å². The number of H-pyrrole nitrogens is 1. The van der Waals surface area contributed by atoms with Crippen LogP contribution in [-0.4, -0.2) is 26.9 Å². The number of rotatable bonds is 4. The van der Waals surface area contributed by atoms with E-state index < -0.39 is 23.1 Å². The largest absolute Gasteiger partial charge is 0.300 e. The van der Waals surface area contributed by atoms with Crippen molar-refractivity contribution in [2.75, 3.05) is 0 Å². The molecule has 3 fully saturated rings. The van der Waals surface area contributed by atoms with Crippen LogP contribution in [0.5, 0.6) is 0 Å². The summed E-state index contributed by atoms with van der Waals surface area (Å²) in [7, 11) is 0. The maximum atomic E-state index is 13.6. The lowest BCUT2D eigenvalue weighted by Gasteiger charge is -2.69. The quantitative estimate of drug-likeness (QED) is 0.878. The SMILES string of the molecule is Cc1cc(=O)n(CC23CC(C(=O)N4N=CCC4c4cc(F)cc(F)c4)(C2)C3)[nH]1. The number of halogens is 2. The fourth-order valence-electron chi connectivity index (χ4n) is 5.31. The van der Waals surface area contributed by atoms with E-state index in [2.05, 4.69) is 10.2 Å². The topological polar surface area (TPSA) is 70.5 Å². The van der Waals surface area contributed by atoms with Crippen molar-refractivity contribution in [2.45, 2.75) is 45.2 Å². The smallest absolute Gasteiger partial charge is 0.266 e. The van der Waals surface area contributed by atoms with Crippen LogP contribution >= 0.6 is 0 Å². The van der Waals surface area contributed by atoms with Crippen LogP contribution in [0.4, 0.5) is 8.78 Å². The first-order chi connectivity index (χ1) is 13.3. The average molecular weight is 386 g/mol. The molecule has 8 heteroatoms. The van der Waals surface area contributed by atoms with E-state index in [4.69, 9.17) is 0 Å². The van der Waals surface area contributed by atoms with Gasteiger partial charge in [0.1, 0.15) is 11.6 Å². The van der Waals surface area contributed by atoms with Crippen molar-refractivity contribution in [1.29, 1.82) is 0 Å². The minimum absolute atomic E-state index is 0.0271. The Kier molecular flexibility index (Phi) is 3.48. The number of carbonyl (C=O) groups is 1. The molecule has 0 saturated heterocycles. The van der Waals surface area contributed by atoms with E-state index in [0.717, 1.165) is 11.8 Å². The number of carbonyl (C=O) groups excluding carboxylic acids is 1. The van der Waals surface area contributed by atoms with Crippen LogP contribution in [0.2, 0.25) is 0 Å². The number of amides is 1. The minimum Gasteiger partial charge on any atom is -0.300 e. The highest BCUT2D eigenvalue weighted by atomic mass is 19.1. The third-order valence-corrected chi connectivity index (χ3v) is 6.31. The molecule has 1 unspecified atom stereocenters. The second-order valence-corrected chi connectivity index (χ2v) is 8.58. The molecule has 4 aliphatic rings. The Bertz CT molecular complexity index is 1030. The molecule has 1 aromatic heterocycles. The van der Waals surface area contributed by atoms with Gasteiger partial charge in [0.25, 0.3) is 5.56 Å².